The number of hydrogen-bond donors (Lipinski definition) is 0. The molecule has 0 atom stereocenters. The van der Waals surface area contributed by atoms with Crippen LogP contribution in [0.4, 0.5) is 0 Å². The number of benzene rings is 1. The molecule has 0 aliphatic carbocycles. The molecule has 22 heavy (non-hydrogen) atoms. The Morgan fingerprint density at radius 2 is 1.86 bits per heavy atom. The standard InChI is InChI=1S/C17H14N2S3/c1-10-13-5-3-4-6-15(13)22-17(10)14-9-21-16(19-14)7-12-8-20-11(2)18-12/h3-6,8-9H,7H2,1-2H3. The lowest BCUT2D eigenvalue weighted by molar-refractivity contribution is 1.06. The normalized spacial score (nSPS) is 11.4. The van der Waals surface area contributed by atoms with Gasteiger partial charge < -0.3 is 0 Å². The molecule has 0 fully saturated rings. The van der Waals surface area contributed by atoms with E-state index in [9.17, 15) is 0 Å². The predicted molar refractivity (Wildman–Crippen MR) is 97.3 cm³/mol. The molecule has 4 rings (SSSR count). The molecular formula is C17H14N2S3. The van der Waals surface area contributed by atoms with Crippen LogP contribution >= 0.6 is 34.0 Å². The number of aryl methyl sites for hydroxylation is 2. The Morgan fingerprint density at radius 3 is 2.64 bits per heavy atom. The van der Waals surface area contributed by atoms with Crippen LogP contribution in [0.15, 0.2) is 35.0 Å². The highest BCUT2D eigenvalue weighted by molar-refractivity contribution is 7.22. The van der Waals surface area contributed by atoms with Crippen LogP contribution in [0.1, 0.15) is 21.3 Å². The van der Waals surface area contributed by atoms with Crippen molar-refractivity contribution in [2.45, 2.75) is 20.3 Å². The SMILES string of the molecule is Cc1nc(Cc2nc(-c3sc4ccccc4c3C)cs2)cs1. The van der Waals surface area contributed by atoms with E-state index in [1.54, 1.807) is 22.7 Å². The Bertz CT molecular complexity index is 946. The van der Waals surface area contributed by atoms with Gasteiger partial charge in [-0.3, -0.25) is 0 Å². The van der Waals surface area contributed by atoms with Crippen molar-refractivity contribution in [3.05, 3.63) is 56.3 Å². The molecule has 0 N–H and O–H groups in total. The molecule has 0 amide bonds. The van der Waals surface area contributed by atoms with Gasteiger partial charge >= 0.3 is 0 Å². The molecule has 0 bridgehead atoms. The van der Waals surface area contributed by atoms with Gasteiger partial charge in [-0.1, -0.05) is 18.2 Å². The Morgan fingerprint density at radius 1 is 1.00 bits per heavy atom. The van der Waals surface area contributed by atoms with E-state index >= 15 is 0 Å². The topological polar surface area (TPSA) is 25.8 Å². The molecule has 110 valence electrons. The summed E-state index contributed by atoms with van der Waals surface area (Å²) in [5, 5.41) is 7.89. The van der Waals surface area contributed by atoms with Crippen molar-refractivity contribution in [1.82, 2.24) is 9.97 Å². The van der Waals surface area contributed by atoms with Crippen LogP contribution in [-0.4, -0.2) is 9.97 Å². The largest absolute Gasteiger partial charge is 0.246 e. The van der Waals surface area contributed by atoms with Gasteiger partial charge in [0, 0.05) is 21.9 Å². The molecule has 0 spiro atoms. The molecule has 0 radical (unpaired) electrons. The fraction of sp³-hybridized carbons (Fsp3) is 0.176. The second-order valence-corrected chi connectivity index (χ2v) is 8.27. The van der Waals surface area contributed by atoms with Gasteiger partial charge in [-0.15, -0.1) is 34.0 Å². The molecule has 3 heterocycles. The maximum atomic E-state index is 4.83. The van der Waals surface area contributed by atoms with Crippen LogP contribution in [0.5, 0.6) is 0 Å². The van der Waals surface area contributed by atoms with Gasteiger partial charge in [0.05, 0.1) is 26.3 Å². The lowest BCUT2D eigenvalue weighted by Gasteiger charge is -1.94. The maximum absolute atomic E-state index is 4.83. The number of thiophene rings is 1. The molecule has 0 aliphatic rings. The number of fused-ring (bicyclic) bond motifs is 1. The smallest absolute Gasteiger partial charge is 0.0993 e. The summed E-state index contributed by atoms with van der Waals surface area (Å²) in [6.45, 7) is 4.24. The van der Waals surface area contributed by atoms with E-state index in [0.717, 1.165) is 27.8 Å². The van der Waals surface area contributed by atoms with Crippen LogP contribution < -0.4 is 0 Å². The number of aromatic nitrogens is 2. The summed E-state index contributed by atoms with van der Waals surface area (Å²) in [6, 6.07) is 8.57. The third kappa shape index (κ3) is 2.49. The quantitative estimate of drug-likeness (QED) is 0.478. The minimum atomic E-state index is 0.832. The lowest BCUT2D eigenvalue weighted by Crippen LogP contribution is -1.87. The number of rotatable bonds is 3. The summed E-state index contributed by atoms with van der Waals surface area (Å²) < 4.78 is 1.33. The molecular weight excluding hydrogens is 328 g/mol. The highest BCUT2D eigenvalue weighted by atomic mass is 32.1. The number of nitrogens with zero attached hydrogens (tertiary/aromatic N) is 2. The van der Waals surface area contributed by atoms with Gasteiger partial charge in [0.25, 0.3) is 0 Å². The minimum Gasteiger partial charge on any atom is -0.246 e. The van der Waals surface area contributed by atoms with E-state index in [4.69, 9.17) is 4.98 Å². The average Bonchev–Trinajstić information content (AvgIpc) is 3.21. The third-order valence-corrected chi connectivity index (χ3v) is 6.59. The third-order valence-electron chi connectivity index (χ3n) is 3.63. The summed E-state index contributed by atoms with van der Waals surface area (Å²) in [4.78, 5) is 10.7. The Balaban J connectivity index is 1.69. The van der Waals surface area contributed by atoms with Gasteiger partial charge in [0.2, 0.25) is 0 Å². The maximum Gasteiger partial charge on any atom is 0.0993 e. The van der Waals surface area contributed by atoms with Crippen molar-refractivity contribution in [2.75, 3.05) is 0 Å². The molecule has 4 aromatic rings. The van der Waals surface area contributed by atoms with Crippen LogP contribution in [0.25, 0.3) is 20.7 Å². The van der Waals surface area contributed by atoms with Crippen LogP contribution in [-0.2, 0) is 6.42 Å². The van der Waals surface area contributed by atoms with Gasteiger partial charge in [-0.05, 0) is 30.9 Å². The van der Waals surface area contributed by atoms with Gasteiger partial charge in [0.1, 0.15) is 0 Å². The average molecular weight is 343 g/mol. The monoisotopic (exact) mass is 342 g/mol. The van der Waals surface area contributed by atoms with Crippen molar-refractivity contribution in [2.24, 2.45) is 0 Å². The Hall–Kier alpha value is -1.56. The van der Waals surface area contributed by atoms with Crippen molar-refractivity contribution >= 4 is 44.1 Å². The van der Waals surface area contributed by atoms with Crippen molar-refractivity contribution < 1.29 is 0 Å². The van der Waals surface area contributed by atoms with Crippen LogP contribution in [0.3, 0.4) is 0 Å². The van der Waals surface area contributed by atoms with Crippen LogP contribution in [0.2, 0.25) is 0 Å². The first-order valence-corrected chi connectivity index (χ1v) is 9.62. The highest BCUT2D eigenvalue weighted by Crippen LogP contribution is 2.38. The fourth-order valence-corrected chi connectivity index (χ4v) is 5.22. The zero-order chi connectivity index (χ0) is 15.1. The minimum absolute atomic E-state index is 0.832. The highest BCUT2D eigenvalue weighted by Gasteiger charge is 2.13. The summed E-state index contributed by atoms with van der Waals surface area (Å²) in [5.41, 5.74) is 3.56. The van der Waals surface area contributed by atoms with E-state index in [-0.39, 0.29) is 0 Å². The first-order chi connectivity index (χ1) is 10.7. The van der Waals surface area contributed by atoms with Crippen molar-refractivity contribution in [3.8, 4) is 10.6 Å². The van der Waals surface area contributed by atoms with Gasteiger partial charge in [-0.25, -0.2) is 9.97 Å². The molecule has 0 saturated carbocycles. The number of hydrogen-bond acceptors (Lipinski definition) is 5. The Labute approximate surface area is 141 Å². The molecule has 0 aliphatic heterocycles. The van der Waals surface area contributed by atoms with Crippen molar-refractivity contribution in [3.63, 3.8) is 0 Å². The van der Waals surface area contributed by atoms with E-state index in [2.05, 4.69) is 46.9 Å². The first kappa shape index (κ1) is 14.1. The first-order valence-electron chi connectivity index (χ1n) is 7.04. The van der Waals surface area contributed by atoms with E-state index in [1.807, 2.05) is 18.3 Å². The molecule has 3 aromatic heterocycles. The Kier molecular flexibility index (Phi) is 3.56. The number of thiazole rings is 2. The summed E-state index contributed by atoms with van der Waals surface area (Å²) in [6.07, 6.45) is 0.832. The molecule has 0 unspecified atom stereocenters. The predicted octanol–water partition coefficient (Wildman–Crippen LogP) is 5.69. The zero-order valence-electron chi connectivity index (χ0n) is 12.3. The van der Waals surface area contributed by atoms with Gasteiger partial charge in [-0.2, -0.15) is 0 Å². The fourth-order valence-electron chi connectivity index (χ4n) is 2.56. The molecule has 0 saturated heterocycles. The van der Waals surface area contributed by atoms with Crippen LogP contribution in [0, 0.1) is 13.8 Å². The van der Waals surface area contributed by atoms with Crippen molar-refractivity contribution in [1.29, 1.82) is 0 Å². The van der Waals surface area contributed by atoms with E-state index < -0.39 is 0 Å². The van der Waals surface area contributed by atoms with E-state index in [0.29, 0.717) is 0 Å². The molecule has 1 aromatic carbocycles. The van der Waals surface area contributed by atoms with E-state index in [1.165, 1.54) is 20.5 Å². The zero-order valence-corrected chi connectivity index (χ0v) is 14.7. The molecule has 2 nitrogen and oxygen atoms in total. The summed E-state index contributed by atoms with van der Waals surface area (Å²) in [7, 11) is 0. The second kappa shape index (κ2) is 5.57. The lowest BCUT2D eigenvalue weighted by atomic mass is 10.1. The second-order valence-electron chi connectivity index (χ2n) is 5.21. The molecule has 5 heteroatoms. The summed E-state index contributed by atoms with van der Waals surface area (Å²) >= 11 is 5.26. The van der Waals surface area contributed by atoms with Gasteiger partial charge in [0.15, 0.2) is 0 Å². The summed E-state index contributed by atoms with van der Waals surface area (Å²) in [5.74, 6) is 0.